The summed E-state index contributed by atoms with van der Waals surface area (Å²) in [6.45, 7) is 0.273. The number of carbonyl (C=O) groups excluding carboxylic acids is 2. The summed E-state index contributed by atoms with van der Waals surface area (Å²) in [4.78, 5) is 25.1. The van der Waals surface area contributed by atoms with E-state index in [9.17, 15) is 22.4 Å². The third-order valence-electron chi connectivity index (χ3n) is 5.34. The Morgan fingerprint density at radius 2 is 1.68 bits per heavy atom. The third kappa shape index (κ3) is 5.21. The van der Waals surface area contributed by atoms with Crippen LogP contribution in [0.3, 0.4) is 0 Å². The number of carbonyl (C=O) groups is 2. The van der Waals surface area contributed by atoms with Gasteiger partial charge < -0.3 is 10.6 Å². The lowest BCUT2D eigenvalue weighted by Gasteiger charge is -2.28. The van der Waals surface area contributed by atoms with Crippen molar-refractivity contribution in [3.05, 3.63) is 88.7 Å². The topological polar surface area (TPSA) is 95.6 Å². The zero-order valence-corrected chi connectivity index (χ0v) is 19.5. The molecule has 0 aromatic heterocycles. The predicted octanol–water partition coefficient (Wildman–Crippen LogP) is 4.91. The van der Waals surface area contributed by atoms with E-state index in [-0.39, 0.29) is 40.2 Å². The van der Waals surface area contributed by atoms with E-state index in [1.54, 1.807) is 30.3 Å². The molecule has 1 aliphatic heterocycles. The van der Waals surface area contributed by atoms with Crippen molar-refractivity contribution in [2.24, 2.45) is 0 Å². The van der Waals surface area contributed by atoms with Gasteiger partial charge in [0.25, 0.3) is 11.8 Å². The molecule has 0 bridgehead atoms. The molecule has 34 heavy (non-hydrogen) atoms. The number of rotatable bonds is 5. The molecule has 1 saturated heterocycles. The first-order valence-electron chi connectivity index (χ1n) is 10.5. The lowest BCUT2D eigenvalue weighted by molar-refractivity contribution is 0.101. The molecule has 0 atom stereocenters. The van der Waals surface area contributed by atoms with Crippen molar-refractivity contribution in [1.29, 1.82) is 0 Å². The third-order valence-corrected chi connectivity index (χ3v) is 7.54. The molecule has 7 nitrogen and oxygen atoms in total. The molecule has 0 radical (unpaired) electrons. The molecule has 0 spiro atoms. The molecule has 1 heterocycles. The minimum atomic E-state index is -3.49. The second kappa shape index (κ2) is 9.82. The summed E-state index contributed by atoms with van der Waals surface area (Å²) < 4.78 is 40.4. The number of nitrogens with one attached hydrogen (secondary N) is 2. The molecular weight excluding hydrogens is 481 g/mol. The van der Waals surface area contributed by atoms with Crippen molar-refractivity contribution in [3.8, 4) is 0 Å². The second-order valence-corrected chi connectivity index (χ2v) is 10.1. The van der Waals surface area contributed by atoms with Gasteiger partial charge in [0, 0.05) is 17.8 Å². The number of nitrogens with zero attached hydrogens (tertiary/aromatic N) is 1. The Balaban J connectivity index is 1.50. The number of hydrogen-bond donors (Lipinski definition) is 2. The zero-order chi connectivity index (χ0) is 24.3. The number of benzene rings is 3. The van der Waals surface area contributed by atoms with Crippen molar-refractivity contribution in [2.75, 3.05) is 27.2 Å². The van der Waals surface area contributed by atoms with Crippen LogP contribution in [0.2, 0.25) is 5.02 Å². The number of sulfonamides is 1. The Labute approximate surface area is 201 Å². The van der Waals surface area contributed by atoms with Gasteiger partial charge in [0.1, 0.15) is 5.82 Å². The molecule has 1 fully saturated rings. The zero-order valence-electron chi connectivity index (χ0n) is 17.9. The van der Waals surface area contributed by atoms with Gasteiger partial charge in [-0.25, -0.2) is 12.8 Å². The van der Waals surface area contributed by atoms with Gasteiger partial charge in [0.2, 0.25) is 10.0 Å². The van der Waals surface area contributed by atoms with Crippen molar-refractivity contribution >= 4 is 50.5 Å². The first-order chi connectivity index (χ1) is 16.2. The van der Waals surface area contributed by atoms with Crippen LogP contribution >= 0.6 is 11.6 Å². The van der Waals surface area contributed by atoms with Crippen molar-refractivity contribution in [2.45, 2.75) is 12.8 Å². The van der Waals surface area contributed by atoms with E-state index in [4.69, 9.17) is 11.6 Å². The van der Waals surface area contributed by atoms with Crippen LogP contribution in [-0.4, -0.2) is 32.5 Å². The van der Waals surface area contributed by atoms with E-state index in [0.29, 0.717) is 24.1 Å². The number of hydrogen-bond acceptors (Lipinski definition) is 4. The summed E-state index contributed by atoms with van der Waals surface area (Å²) in [6.07, 6.45) is 1.25. The summed E-state index contributed by atoms with van der Waals surface area (Å²) in [7, 11) is -3.49. The molecule has 0 saturated carbocycles. The standard InChI is InChI=1S/C24H21ClFN3O4S/c25-20-11-8-17(14-22(20)28-23(30)16-6-2-1-3-7-16)27-24(31)19-10-9-18(15-21(19)26)29-12-4-5-13-34(29,32)33/h1-3,6-11,14-15H,4-5,12-13H2,(H,27,31)(H,28,30). The monoisotopic (exact) mass is 501 g/mol. The van der Waals surface area contributed by atoms with Gasteiger partial charge in [0.05, 0.1) is 27.7 Å². The Hall–Kier alpha value is -3.43. The lowest BCUT2D eigenvalue weighted by atomic mass is 10.1. The highest BCUT2D eigenvalue weighted by Gasteiger charge is 2.27. The highest BCUT2D eigenvalue weighted by molar-refractivity contribution is 7.92. The van der Waals surface area contributed by atoms with E-state index in [1.807, 2.05) is 0 Å². The molecule has 1 aliphatic rings. The van der Waals surface area contributed by atoms with Gasteiger partial charge in [-0.2, -0.15) is 0 Å². The number of halogens is 2. The predicted molar refractivity (Wildman–Crippen MR) is 131 cm³/mol. The van der Waals surface area contributed by atoms with Crippen LogP contribution in [0.5, 0.6) is 0 Å². The van der Waals surface area contributed by atoms with Crippen LogP contribution in [-0.2, 0) is 10.0 Å². The van der Waals surface area contributed by atoms with Crippen LogP contribution in [0.15, 0.2) is 66.7 Å². The van der Waals surface area contributed by atoms with Gasteiger partial charge >= 0.3 is 0 Å². The molecule has 0 unspecified atom stereocenters. The molecule has 3 aromatic rings. The van der Waals surface area contributed by atoms with Gasteiger partial charge in [-0.1, -0.05) is 29.8 Å². The molecular formula is C24H21ClFN3O4S. The van der Waals surface area contributed by atoms with Crippen LogP contribution < -0.4 is 14.9 Å². The molecule has 176 valence electrons. The SMILES string of the molecule is O=C(Nc1cc(NC(=O)c2ccc(N3CCCCS3(=O)=O)cc2F)ccc1Cl)c1ccccc1. The number of anilines is 3. The lowest BCUT2D eigenvalue weighted by Crippen LogP contribution is -2.37. The highest BCUT2D eigenvalue weighted by atomic mass is 35.5. The minimum absolute atomic E-state index is 0.0105. The Bertz CT molecular complexity index is 1350. The van der Waals surface area contributed by atoms with Crippen LogP contribution in [0.4, 0.5) is 21.5 Å². The quantitative estimate of drug-likeness (QED) is 0.519. The fourth-order valence-corrected chi connectivity index (χ4v) is 5.40. The van der Waals surface area contributed by atoms with Crippen LogP contribution in [0.25, 0.3) is 0 Å². The maximum Gasteiger partial charge on any atom is 0.258 e. The minimum Gasteiger partial charge on any atom is -0.322 e. The van der Waals surface area contributed by atoms with E-state index < -0.39 is 21.7 Å². The summed E-state index contributed by atoms with van der Waals surface area (Å²) >= 11 is 6.18. The van der Waals surface area contributed by atoms with E-state index in [1.165, 1.54) is 34.6 Å². The Morgan fingerprint density at radius 1 is 0.912 bits per heavy atom. The average Bonchev–Trinajstić information content (AvgIpc) is 2.81. The van der Waals surface area contributed by atoms with Crippen molar-refractivity contribution in [3.63, 3.8) is 0 Å². The van der Waals surface area contributed by atoms with Gasteiger partial charge in [-0.05, 0) is 61.4 Å². The highest BCUT2D eigenvalue weighted by Crippen LogP contribution is 2.28. The smallest absolute Gasteiger partial charge is 0.258 e. The van der Waals surface area contributed by atoms with Crippen LogP contribution in [0.1, 0.15) is 33.6 Å². The molecule has 2 N–H and O–H groups in total. The first-order valence-corrected chi connectivity index (χ1v) is 12.5. The van der Waals surface area contributed by atoms with Gasteiger partial charge in [0.15, 0.2) is 0 Å². The fraction of sp³-hybridized carbons (Fsp3) is 0.167. The molecule has 10 heteroatoms. The molecule has 4 rings (SSSR count). The Kier molecular flexibility index (Phi) is 6.85. The summed E-state index contributed by atoms with van der Waals surface area (Å²) in [5.74, 6) is -1.94. The number of amides is 2. The van der Waals surface area contributed by atoms with E-state index in [2.05, 4.69) is 10.6 Å². The summed E-state index contributed by atoms with van der Waals surface area (Å²) in [5.41, 5.74) is 0.944. The average molecular weight is 502 g/mol. The van der Waals surface area contributed by atoms with Crippen molar-refractivity contribution in [1.82, 2.24) is 0 Å². The maximum atomic E-state index is 14.8. The molecule has 2 amide bonds. The summed E-state index contributed by atoms with van der Waals surface area (Å²) in [6, 6.07) is 16.7. The van der Waals surface area contributed by atoms with E-state index >= 15 is 0 Å². The molecule has 0 aliphatic carbocycles. The van der Waals surface area contributed by atoms with E-state index in [0.717, 1.165) is 6.07 Å². The normalized spacial score (nSPS) is 14.9. The maximum absolute atomic E-state index is 14.8. The second-order valence-electron chi connectivity index (χ2n) is 7.73. The van der Waals surface area contributed by atoms with Gasteiger partial charge in [-0.15, -0.1) is 0 Å². The largest absolute Gasteiger partial charge is 0.322 e. The molecule has 3 aromatic carbocycles. The summed E-state index contributed by atoms with van der Waals surface area (Å²) in [5, 5.41) is 5.52. The fourth-order valence-electron chi connectivity index (χ4n) is 3.60. The van der Waals surface area contributed by atoms with Crippen molar-refractivity contribution < 1.29 is 22.4 Å². The Morgan fingerprint density at radius 3 is 2.38 bits per heavy atom. The van der Waals surface area contributed by atoms with Gasteiger partial charge in [-0.3, -0.25) is 13.9 Å². The van der Waals surface area contributed by atoms with Crippen LogP contribution in [0, 0.1) is 5.82 Å². The first kappa shape index (κ1) is 23.7.